The molecule has 1 heterocycles. The Kier molecular flexibility index (Phi) is 4.52. The van der Waals surface area contributed by atoms with Crippen molar-refractivity contribution in [3.8, 4) is 0 Å². The summed E-state index contributed by atoms with van der Waals surface area (Å²) in [5.74, 6) is -0.229. The first-order chi connectivity index (χ1) is 8.69. The highest BCUT2D eigenvalue weighted by molar-refractivity contribution is 5.40. The number of piperazine rings is 1. The highest BCUT2D eigenvalue weighted by Crippen LogP contribution is 2.15. The highest BCUT2D eigenvalue weighted by atomic mass is 19.1. The number of nitrogens with two attached hydrogens (primary N) is 1. The van der Waals surface area contributed by atoms with Gasteiger partial charge in [0.05, 0.1) is 6.61 Å². The van der Waals surface area contributed by atoms with E-state index in [4.69, 9.17) is 10.8 Å². The van der Waals surface area contributed by atoms with Gasteiger partial charge in [0.15, 0.2) is 0 Å². The van der Waals surface area contributed by atoms with Crippen molar-refractivity contribution in [3.63, 3.8) is 0 Å². The molecule has 0 aliphatic carbocycles. The van der Waals surface area contributed by atoms with Crippen LogP contribution in [0.4, 0.5) is 10.1 Å². The standard InChI is InChI=1S/C13H20FN3O/c14-13-9-12(15)2-1-11(13)10-17-5-3-16(4-6-17)7-8-18/h1-2,9,18H,3-8,10,15H2. The fourth-order valence-corrected chi connectivity index (χ4v) is 2.25. The normalized spacial score (nSPS) is 18.1. The molecule has 3 N–H and O–H groups in total. The van der Waals surface area contributed by atoms with Gasteiger partial charge in [-0.2, -0.15) is 0 Å². The van der Waals surface area contributed by atoms with Gasteiger partial charge < -0.3 is 10.8 Å². The van der Waals surface area contributed by atoms with Crippen LogP contribution in [-0.4, -0.2) is 54.2 Å². The maximum absolute atomic E-state index is 13.7. The van der Waals surface area contributed by atoms with E-state index in [0.29, 0.717) is 17.8 Å². The van der Waals surface area contributed by atoms with Crippen LogP contribution in [0.3, 0.4) is 0 Å². The van der Waals surface area contributed by atoms with Crippen molar-refractivity contribution in [3.05, 3.63) is 29.6 Å². The molecule has 5 heteroatoms. The zero-order chi connectivity index (χ0) is 13.0. The molecule has 0 radical (unpaired) electrons. The number of hydrogen-bond donors (Lipinski definition) is 2. The Hall–Kier alpha value is -1.17. The van der Waals surface area contributed by atoms with E-state index in [1.54, 1.807) is 12.1 Å². The van der Waals surface area contributed by atoms with Gasteiger partial charge >= 0.3 is 0 Å². The number of aliphatic hydroxyl groups excluding tert-OH is 1. The van der Waals surface area contributed by atoms with Crippen LogP contribution in [0.15, 0.2) is 18.2 Å². The van der Waals surface area contributed by atoms with Crippen molar-refractivity contribution < 1.29 is 9.50 Å². The van der Waals surface area contributed by atoms with E-state index in [-0.39, 0.29) is 12.4 Å². The molecule has 0 atom stereocenters. The summed E-state index contributed by atoms with van der Waals surface area (Å²) in [6, 6.07) is 4.86. The van der Waals surface area contributed by atoms with Gasteiger partial charge in [-0.25, -0.2) is 4.39 Å². The van der Waals surface area contributed by atoms with Gasteiger partial charge in [0.25, 0.3) is 0 Å². The van der Waals surface area contributed by atoms with Crippen LogP contribution in [0.25, 0.3) is 0 Å². The lowest BCUT2D eigenvalue weighted by Crippen LogP contribution is -2.46. The second kappa shape index (κ2) is 6.13. The summed E-state index contributed by atoms with van der Waals surface area (Å²) in [7, 11) is 0. The van der Waals surface area contributed by atoms with Crippen LogP contribution >= 0.6 is 0 Å². The third kappa shape index (κ3) is 3.41. The van der Waals surface area contributed by atoms with Gasteiger partial charge in [0.2, 0.25) is 0 Å². The third-order valence-corrected chi connectivity index (χ3v) is 3.35. The fraction of sp³-hybridized carbons (Fsp3) is 0.538. The first-order valence-corrected chi connectivity index (χ1v) is 6.28. The van der Waals surface area contributed by atoms with E-state index in [1.807, 2.05) is 0 Å². The summed E-state index contributed by atoms with van der Waals surface area (Å²) in [5, 5.41) is 8.87. The quantitative estimate of drug-likeness (QED) is 0.768. The smallest absolute Gasteiger partial charge is 0.129 e. The van der Waals surface area contributed by atoms with E-state index >= 15 is 0 Å². The summed E-state index contributed by atoms with van der Waals surface area (Å²) in [5.41, 5.74) is 6.68. The predicted molar refractivity (Wildman–Crippen MR) is 69.6 cm³/mol. The second-order valence-electron chi connectivity index (χ2n) is 4.69. The third-order valence-electron chi connectivity index (χ3n) is 3.35. The molecule has 0 amide bonds. The van der Waals surface area contributed by atoms with Crippen LogP contribution in [0.1, 0.15) is 5.56 Å². The Labute approximate surface area is 107 Å². The van der Waals surface area contributed by atoms with E-state index in [1.165, 1.54) is 6.07 Å². The van der Waals surface area contributed by atoms with E-state index < -0.39 is 0 Å². The molecule has 4 nitrogen and oxygen atoms in total. The minimum atomic E-state index is -0.229. The molecule has 0 bridgehead atoms. The molecule has 0 spiro atoms. The van der Waals surface area contributed by atoms with Crippen LogP contribution in [-0.2, 0) is 6.54 Å². The minimum Gasteiger partial charge on any atom is -0.399 e. The number of halogens is 1. The van der Waals surface area contributed by atoms with Crippen molar-refractivity contribution in [1.29, 1.82) is 0 Å². The largest absolute Gasteiger partial charge is 0.399 e. The number of hydrogen-bond acceptors (Lipinski definition) is 4. The Morgan fingerprint density at radius 1 is 1.17 bits per heavy atom. The lowest BCUT2D eigenvalue weighted by atomic mass is 10.1. The molecular weight excluding hydrogens is 233 g/mol. The molecule has 100 valence electrons. The highest BCUT2D eigenvalue weighted by Gasteiger charge is 2.17. The molecule has 1 aliphatic rings. The Morgan fingerprint density at radius 3 is 2.44 bits per heavy atom. The molecule has 1 aromatic rings. The number of anilines is 1. The number of β-amino-alcohol motifs (C(OH)–C–C–N with tert-alkyl or cyclic N) is 1. The van der Waals surface area contributed by atoms with E-state index in [0.717, 1.165) is 32.7 Å². The molecule has 1 saturated heterocycles. The molecule has 0 aromatic heterocycles. The maximum atomic E-state index is 13.7. The molecule has 18 heavy (non-hydrogen) atoms. The van der Waals surface area contributed by atoms with Gasteiger partial charge in [-0.3, -0.25) is 9.80 Å². The van der Waals surface area contributed by atoms with Gasteiger partial charge in [0.1, 0.15) is 5.82 Å². The van der Waals surface area contributed by atoms with Crippen LogP contribution in [0, 0.1) is 5.82 Å². The van der Waals surface area contributed by atoms with E-state index in [9.17, 15) is 4.39 Å². The minimum absolute atomic E-state index is 0.201. The van der Waals surface area contributed by atoms with Crippen LogP contribution in [0.2, 0.25) is 0 Å². The lowest BCUT2D eigenvalue weighted by molar-refractivity contribution is 0.108. The summed E-state index contributed by atoms with van der Waals surface area (Å²) >= 11 is 0. The first-order valence-electron chi connectivity index (χ1n) is 6.28. The SMILES string of the molecule is Nc1ccc(CN2CCN(CCO)CC2)c(F)c1. The molecule has 1 fully saturated rings. The summed E-state index contributed by atoms with van der Waals surface area (Å²) < 4.78 is 13.7. The summed E-state index contributed by atoms with van der Waals surface area (Å²) in [6.07, 6.45) is 0. The average molecular weight is 253 g/mol. The second-order valence-corrected chi connectivity index (χ2v) is 4.69. The number of benzene rings is 1. The Bertz CT molecular complexity index is 392. The molecule has 0 unspecified atom stereocenters. The van der Waals surface area contributed by atoms with Gasteiger partial charge in [-0.1, -0.05) is 6.07 Å². The molecule has 0 saturated carbocycles. The maximum Gasteiger partial charge on any atom is 0.129 e. The van der Waals surface area contributed by atoms with Crippen LogP contribution < -0.4 is 5.73 Å². The molecule has 1 aromatic carbocycles. The van der Waals surface area contributed by atoms with Crippen molar-refractivity contribution in [2.45, 2.75) is 6.54 Å². The summed E-state index contributed by atoms with van der Waals surface area (Å²) in [4.78, 5) is 4.44. The first kappa shape index (κ1) is 13.3. The Balaban J connectivity index is 1.87. The number of aliphatic hydroxyl groups is 1. The zero-order valence-electron chi connectivity index (χ0n) is 10.5. The molecule has 2 rings (SSSR count). The average Bonchev–Trinajstić information content (AvgIpc) is 2.35. The predicted octanol–water partition coefficient (Wildman–Crippen LogP) is 0.518. The van der Waals surface area contributed by atoms with E-state index in [2.05, 4.69) is 9.80 Å². The molecular formula is C13H20FN3O. The van der Waals surface area contributed by atoms with Gasteiger partial charge in [-0.15, -0.1) is 0 Å². The zero-order valence-corrected chi connectivity index (χ0v) is 10.5. The van der Waals surface area contributed by atoms with Gasteiger partial charge in [-0.05, 0) is 12.1 Å². The van der Waals surface area contributed by atoms with Crippen LogP contribution in [0.5, 0.6) is 0 Å². The van der Waals surface area contributed by atoms with Crippen molar-refractivity contribution in [2.75, 3.05) is 45.1 Å². The fourth-order valence-electron chi connectivity index (χ4n) is 2.25. The van der Waals surface area contributed by atoms with Crippen molar-refractivity contribution in [2.24, 2.45) is 0 Å². The van der Waals surface area contributed by atoms with Crippen molar-refractivity contribution in [1.82, 2.24) is 9.80 Å². The number of nitrogens with zero attached hydrogens (tertiary/aromatic N) is 2. The lowest BCUT2D eigenvalue weighted by Gasteiger charge is -2.34. The van der Waals surface area contributed by atoms with Crippen molar-refractivity contribution >= 4 is 5.69 Å². The monoisotopic (exact) mass is 253 g/mol. The summed E-state index contributed by atoms with van der Waals surface area (Å²) in [6.45, 7) is 5.22. The topological polar surface area (TPSA) is 52.7 Å². The molecule has 1 aliphatic heterocycles. The Morgan fingerprint density at radius 2 is 1.83 bits per heavy atom. The number of nitrogen functional groups attached to an aromatic ring is 1. The van der Waals surface area contributed by atoms with Gasteiger partial charge in [0, 0.05) is 50.5 Å². The number of rotatable bonds is 4.